The summed E-state index contributed by atoms with van der Waals surface area (Å²) in [6, 6.07) is 13.9. The number of nitriles is 1. The molecule has 3 aromatic heterocycles. The smallest absolute Gasteiger partial charge is 0.177 e. The lowest BCUT2D eigenvalue weighted by Crippen LogP contribution is -2.07. The highest BCUT2D eigenvalue weighted by Gasteiger charge is 2.27. The molecule has 1 atom stereocenters. The Balaban J connectivity index is 1.50. The highest BCUT2D eigenvalue weighted by molar-refractivity contribution is 7.89. The predicted molar refractivity (Wildman–Crippen MR) is 133 cm³/mol. The van der Waals surface area contributed by atoms with Crippen LogP contribution in [0.15, 0.2) is 48.8 Å². The molecule has 3 heterocycles. The number of hydrogen-bond donors (Lipinski definition) is 3. The molecule has 1 aliphatic carbocycles. The SMILES string of the molecule is C[S+]([O-])Cc1cc(Nc2cc(Nc3ccc(CN)cn3)n3ncc(C#N)c3n2)ccc1C1CC1. The number of benzene rings is 1. The molecule has 1 aromatic carbocycles. The Morgan fingerprint density at radius 1 is 1.18 bits per heavy atom. The fourth-order valence-corrected chi connectivity index (χ4v) is 4.60. The monoisotopic (exact) mass is 472 g/mol. The highest BCUT2D eigenvalue weighted by Crippen LogP contribution is 2.42. The number of nitrogens with zero attached hydrogens (tertiary/aromatic N) is 5. The minimum absolute atomic E-state index is 0.365. The Hall–Kier alpha value is -3.65. The maximum Gasteiger partial charge on any atom is 0.177 e. The van der Waals surface area contributed by atoms with Crippen LogP contribution < -0.4 is 16.4 Å². The average molecular weight is 473 g/mol. The number of anilines is 4. The van der Waals surface area contributed by atoms with E-state index in [1.807, 2.05) is 30.3 Å². The molecule has 1 fully saturated rings. The fourth-order valence-electron chi connectivity index (χ4n) is 3.91. The van der Waals surface area contributed by atoms with Gasteiger partial charge in [-0.25, -0.2) is 9.97 Å². The molecule has 0 amide bonds. The molecule has 10 heteroatoms. The molecular formula is C24H24N8OS. The number of hydrogen-bond acceptors (Lipinski definition) is 8. The molecule has 4 N–H and O–H groups in total. The van der Waals surface area contributed by atoms with Gasteiger partial charge < -0.3 is 20.9 Å². The van der Waals surface area contributed by atoms with Gasteiger partial charge in [-0.3, -0.25) is 0 Å². The molecule has 0 radical (unpaired) electrons. The normalized spacial score (nSPS) is 14.1. The van der Waals surface area contributed by atoms with Gasteiger partial charge in [0.25, 0.3) is 0 Å². The molecule has 172 valence electrons. The lowest BCUT2D eigenvalue weighted by atomic mass is 10.0. The van der Waals surface area contributed by atoms with Crippen molar-refractivity contribution in [2.24, 2.45) is 5.73 Å². The summed E-state index contributed by atoms with van der Waals surface area (Å²) in [6.07, 6.45) is 7.29. The van der Waals surface area contributed by atoms with Gasteiger partial charge in [-0.05, 0) is 48.1 Å². The van der Waals surface area contributed by atoms with Crippen molar-refractivity contribution >= 4 is 40.0 Å². The van der Waals surface area contributed by atoms with Crippen LogP contribution in [0.5, 0.6) is 0 Å². The molecule has 0 saturated heterocycles. The van der Waals surface area contributed by atoms with Crippen LogP contribution in [0.3, 0.4) is 0 Å². The Morgan fingerprint density at radius 3 is 2.71 bits per heavy atom. The van der Waals surface area contributed by atoms with Crippen molar-refractivity contribution in [1.29, 1.82) is 5.26 Å². The van der Waals surface area contributed by atoms with Crippen LogP contribution in [0.25, 0.3) is 5.65 Å². The molecule has 1 aliphatic rings. The van der Waals surface area contributed by atoms with E-state index in [2.05, 4.69) is 37.8 Å². The second kappa shape index (κ2) is 9.30. The fraction of sp³-hybridized carbons (Fsp3) is 0.250. The Morgan fingerprint density at radius 2 is 2.03 bits per heavy atom. The highest BCUT2D eigenvalue weighted by atomic mass is 32.2. The topological polar surface area (TPSA) is 140 Å². The average Bonchev–Trinajstić information content (AvgIpc) is 3.58. The van der Waals surface area contributed by atoms with Crippen molar-refractivity contribution in [2.45, 2.75) is 31.1 Å². The van der Waals surface area contributed by atoms with Crippen LogP contribution in [0.4, 0.5) is 23.1 Å². The third kappa shape index (κ3) is 4.68. The van der Waals surface area contributed by atoms with Gasteiger partial charge in [-0.1, -0.05) is 23.3 Å². The Bertz CT molecular complexity index is 1370. The first-order valence-corrected chi connectivity index (χ1v) is 12.7. The van der Waals surface area contributed by atoms with Gasteiger partial charge in [0.15, 0.2) is 5.65 Å². The quantitative estimate of drug-likeness (QED) is 0.330. The summed E-state index contributed by atoms with van der Waals surface area (Å²) in [5, 5.41) is 20.4. The van der Waals surface area contributed by atoms with Crippen molar-refractivity contribution in [3.63, 3.8) is 0 Å². The van der Waals surface area contributed by atoms with Gasteiger partial charge in [-0.2, -0.15) is 14.9 Å². The second-order valence-electron chi connectivity index (χ2n) is 8.34. The molecule has 9 nitrogen and oxygen atoms in total. The summed E-state index contributed by atoms with van der Waals surface area (Å²) in [4.78, 5) is 9.02. The van der Waals surface area contributed by atoms with E-state index in [0.717, 1.165) is 16.8 Å². The zero-order valence-electron chi connectivity index (χ0n) is 18.7. The molecule has 5 rings (SSSR count). The minimum Gasteiger partial charge on any atom is -0.616 e. The van der Waals surface area contributed by atoms with Gasteiger partial charge in [0.2, 0.25) is 0 Å². The molecule has 4 aromatic rings. The van der Waals surface area contributed by atoms with E-state index in [9.17, 15) is 9.81 Å². The van der Waals surface area contributed by atoms with Gasteiger partial charge in [0, 0.05) is 30.1 Å². The van der Waals surface area contributed by atoms with Crippen molar-refractivity contribution in [3.05, 3.63) is 71.0 Å². The first kappa shape index (κ1) is 22.2. The summed E-state index contributed by atoms with van der Waals surface area (Å²) in [7, 11) is 0. The summed E-state index contributed by atoms with van der Waals surface area (Å²) in [5.74, 6) is 2.86. The van der Waals surface area contributed by atoms with Gasteiger partial charge >= 0.3 is 0 Å². The number of nitrogens with one attached hydrogen (secondary N) is 2. The molecule has 0 spiro atoms. The molecule has 1 unspecified atom stereocenters. The van der Waals surface area contributed by atoms with E-state index < -0.39 is 11.2 Å². The van der Waals surface area contributed by atoms with Crippen LogP contribution in [0.1, 0.15) is 41.0 Å². The molecule has 1 saturated carbocycles. The maximum absolute atomic E-state index is 11.9. The van der Waals surface area contributed by atoms with E-state index >= 15 is 0 Å². The van der Waals surface area contributed by atoms with Crippen LogP contribution in [-0.4, -0.2) is 30.4 Å². The van der Waals surface area contributed by atoms with Crippen LogP contribution in [-0.2, 0) is 23.5 Å². The van der Waals surface area contributed by atoms with Crippen molar-refractivity contribution in [1.82, 2.24) is 19.6 Å². The minimum atomic E-state index is -0.933. The van der Waals surface area contributed by atoms with Gasteiger partial charge in [0.1, 0.15) is 34.8 Å². The predicted octanol–water partition coefficient (Wildman–Crippen LogP) is 3.70. The van der Waals surface area contributed by atoms with Crippen LogP contribution >= 0.6 is 0 Å². The van der Waals surface area contributed by atoms with Crippen molar-refractivity contribution in [3.8, 4) is 6.07 Å². The third-order valence-electron chi connectivity index (χ3n) is 5.70. The summed E-state index contributed by atoms with van der Waals surface area (Å²) in [5.41, 5.74) is 10.6. The molecule has 0 aliphatic heterocycles. The Labute approximate surface area is 200 Å². The van der Waals surface area contributed by atoms with Crippen LogP contribution in [0, 0.1) is 11.3 Å². The van der Waals surface area contributed by atoms with E-state index in [1.165, 1.54) is 24.6 Å². The number of nitrogens with two attached hydrogens (primary N) is 1. The van der Waals surface area contributed by atoms with Crippen molar-refractivity contribution < 1.29 is 4.55 Å². The number of rotatable bonds is 8. The van der Waals surface area contributed by atoms with E-state index in [1.54, 1.807) is 17.0 Å². The van der Waals surface area contributed by atoms with Gasteiger partial charge in [0.05, 0.1) is 12.5 Å². The summed E-state index contributed by atoms with van der Waals surface area (Å²) in [6.45, 7) is 0.415. The zero-order chi connectivity index (χ0) is 23.7. The molecular weight excluding hydrogens is 448 g/mol. The van der Waals surface area contributed by atoms with Gasteiger partial charge in [-0.15, -0.1) is 0 Å². The number of pyridine rings is 1. The largest absolute Gasteiger partial charge is 0.616 e. The van der Waals surface area contributed by atoms with Crippen molar-refractivity contribution in [2.75, 3.05) is 16.9 Å². The lowest BCUT2D eigenvalue weighted by molar-refractivity contribution is 0.600. The third-order valence-corrected chi connectivity index (χ3v) is 6.42. The zero-order valence-corrected chi connectivity index (χ0v) is 19.5. The molecule has 0 bridgehead atoms. The van der Waals surface area contributed by atoms with Crippen LogP contribution in [0.2, 0.25) is 0 Å². The summed E-state index contributed by atoms with van der Waals surface area (Å²) < 4.78 is 13.5. The Kier molecular flexibility index (Phi) is 6.06. The summed E-state index contributed by atoms with van der Waals surface area (Å²) >= 11 is -0.933. The standard InChI is InChI=1S/C24H24N8OS/c1-34(33)14-17-8-19(5-6-20(17)16-3-4-16)29-22-9-23(30-21-7-2-15(10-25)12-27-21)32-24(31-22)18(11-26)13-28-32/h2,5-9,12-13,16H,3-4,10,14,25H2,1H3,(H,27,30)(H,29,31). The molecule has 34 heavy (non-hydrogen) atoms. The number of fused-ring (bicyclic) bond motifs is 1. The van der Waals surface area contributed by atoms with E-state index in [4.69, 9.17) is 5.73 Å². The first-order valence-electron chi connectivity index (χ1n) is 10.9. The van der Waals surface area contributed by atoms with E-state index in [0.29, 0.717) is 46.9 Å². The number of aromatic nitrogens is 4. The van der Waals surface area contributed by atoms with E-state index in [-0.39, 0.29) is 0 Å². The first-order chi connectivity index (χ1) is 16.5. The maximum atomic E-state index is 11.9. The second-order valence-corrected chi connectivity index (χ2v) is 9.78. The lowest BCUT2D eigenvalue weighted by Gasteiger charge is -2.15.